The molecule has 2 aliphatic rings. The van der Waals surface area contributed by atoms with Crippen molar-refractivity contribution in [3.63, 3.8) is 0 Å². The second kappa shape index (κ2) is 9.99. The van der Waals surface area contributed by atoms with Crippen LogP contribution in [0.4, 0.5) is 0 Å². The highest BCUT2D eigenvalue weighted by Gasteiger charge is 2.29. The Labute approximate surface area is 203 Å². The molecule has 1 aromatic heterocycles. The van der Waals surface area contributed by atoms with Crippen molar-refractivity contribution in [2.45, 2.75) is 41.1 Å². The largest absolute Gasteiger partial charge is 0.379 e. The number of thioether (sulfide) groups is 1. The van der Waals surface area contributed by atoms with Gasteiger partial charge in [-0.15, -0.1) is 10.2 Å². The number of aromatic nitrogens is 3. The Balaban J connectivity index is 1.51. The minimum Gasteiger partial charge on any atom is -0.379 e. The highest BCUT2D eigenvalue weighted by molar-refractivity contribution is 8.00. The quantitative estimate of drug-likeness (QED) is 0.494. The Morgan fingerprint density at radius 3 is 2.56 bits per heavy atom. The maximum Gasteiger partial charge on any atom is 0.243 e. The fraction of sp³-hybridized carbons (Fsp3) is 0.375. The van der Waals surface area contributed by atoms with Gasteiger partial charge in [-0.05, 0) is 30.5 Å². The molecule has 3 aromatic rings. The molecule has 10 heteroatoms. The summed E-state index contributed by atoms with van der Waals surface area (Å²) in [5.74, 6) is 0.829. The zero-order chi connectivity index (χ0) is 23.5. The monoisotopic (exact) mass is 498 g/mol. The summed E-state index contributed by atoms with van der Waals surface area (Å²) in [5.41, 5.74) is 1.74. The highest BCUT2D eigenvalue weighted by atomic mass is 32.2. The minimum absolute atomic E-state index is 0.111. The number of benzene rings is 2. The van der Waals surface area contributed by atoms with Crippen molar-refractivity contribution in [3.05, 3.63) is 60.2 Å². The van der Waals surface area contributed by atoms with Gasteiger partial charge >= 0.3 is 0 Å². The Morgan fingerprint density at radius 2 is 1.82 bits per heavy atom. The smallest absolute Gasteiger partial charge is 0.243 e. The van der Waals surface area contributed by atoms with Crippen LogP contribution in [0.2, 0.25) is 0 Å². The number of carbonyl (C=O) groups is 1. The number of rotatable bonds is 7. The van der Waals surface area contributed by atoms with E-state index in [-0.39, 0.29) is 15.9 Å². The number of hydrogen-bond acceptors (Lipinski definition) is 7. The topological polar surface area (TPSA) is 94.4 Å². The maximum atomic E-state index is 13.2. The number of sulfonamides is 1. The molecule has 34 heavy (non-hydrogen) atoms. The van der Waals surface area contributed by atoms with Crippen LogP contribution < -0.4 is 0 Å². The van der Waals surface area contributed by atoms with E-state index in [1.54, 1.807) is 18.2 Å². The Kier molecular flexibility index (Phi) is 6.82. The van der Waals surface area contributed by atoms with Gasteiger partial charge in [0.2, 0.25) is 10.0 Å². The lowest BCUT2D eigenvalue weighted by Gasteiger charge is -2.26. The number of hydrogen-bond donors (Lipinski definition) is 0. The molecule has 1 atom stereocenters. The van der Waals surface area contributed by atoms with Crippen molar-refractivity contribution in [2.24, 2.45) is 0 Å². The van der Waals surface area contributed by atoms with Crippen molar-refractivity contribution in [3.8, 4) is 11.4 Å². The van der Waals surface area contributed by atoms with Gasteiger partial charge in [-0.1, -0.05) is 54.2 Å². The molecular weight excluding hydrogens is 472 g/mol. The minimum atomic E-state index is -3.64. The van der Waals surface area contributed by atoms with Crippen molar-refractivity contribution in [1.82, 2.24) is 19.1 Å². The summed E-state index contributed by atoms with van der Waals surface area (Å²) in [4.78, 5) is 12.5. The number of Topliss-reactive ketones (excluding diaryl/α,β-unsaturated/α-hetero) is 1. The number of ketones is 1. The van der Waals surface area contributed by atoms with Crippen LogP contribution in [0.5, 0.6) is 0 Å². The molecule has 0 N–H and O–H groups in total. The van der Waals surface area contributed by atoms with Crippen LogP contribution in [-0.2, 0) is 26.1 Å². The van der Waals surface area contributed by atoms with Crippen LogP contribution in [-0.4, -0.2) is 64.8 Å². The molecule has 1 aliphatic carbocycles. The first-order valence-electron chi connectivity index (χ1n) is 11.4. The van der Waals surface area contributed by atoms with Gasteiger partial charge < -0.3 is 4.74 Å². The normalized spacial score (nSPS) is 19.5. The summed E-state index contributed by atoms with van der Waals surface area (Å²) >= 11 is 1.45. The molecule has 5 rings (SSSR count). The molecule has 0 unspecified atom stereocenters. The molecule has 2 aromatic carbocycles. The summed E-state index contributed by atoms with van der Waals surface area (Å²) < 4.78 is 35.1. The van der Waals surface area contributed by atoms with Crippen LogP contribution in [0.15, 0.2) is 64.6 Å². The molecule has 0 amide bonds. The van der Waals surface area contributed by atoms with Gasteiger partial charge in [0.25, 0.3) is 0 Å². The lowest BCUT2D eigenvalue weighted by Crippen LogP contribution is -2.40. The van der Waals surface area contributed by atoms with Crippen LogP contribution in [0.1, 0.15) is 24.8 Å². The molecule has 1 saturated heterocycles. The van der Waals surface area contributed by atoms with Gasteiger partial charge in [0.1, 0.15) is 5.78 Å². The number of morpholine rings is 1. The summed E-state index contributed by atoms with van der Waals surface area (Å²) in [7, 11) is -3.64. The first-order valence-corrected chi connectivity index (χ1v) is 13.7. The second-order valence-corrected chi connectivity index (χ2v) is 11.5. The first kappa shape index (κ1) is 23.2. The van der Waals surface area contributed by atoms with E-state index in [0.717, 1.165) is 18.4 Å². The Morgan fingerprint density at radius 1 is 1.03 bits per heavy atom. The van der Waals surface area contributed by atoms with Crippen LogP contribution in [0, 0.1) is 0 Å². The Bertz CT molecular complexity index is 1270. The standard InChI is InChI=1S/C24H26N4O4S2/c29-21-10-5-11-22(21)33-24-26-25-23(28(24)17-18-6-2-1-3-7-18)19-8-4-9-20(16-19)34(30,31)27-12-14-32-15-13-27/h1-4,6-9,16,22H,5,10-15,17H2/t22-/m1/s1. The molecular formula is C24H26N4O4S2. The molecule has 0 spiro atoms. The van der Waals surface area contributed by atoms with E-state index >= 15 is 0 Å². The third-order valence-electron chi connectivity index (χ3n) is 6.10. The maximum absolute atomic E-state index is 13.2. The zero-order valence-electron chi connectivity index (χ0n) is 18.7. The Hall–Kier alpha value is -2.53. The average molecular weight is 499 g/mol. The predicted molar refractivity (Wildman–Crippen MR) is 129 cm³/mol. The van der Waals surface area contributed by atoms with Crippen LogP contribution in [0.3, 0.4) is 0 Å². The summed E-state index contributed by atoms with van der Waals surface area (Å²) in [6.07, 6.45) is 2.35. The third-order valence-corrected chi connectivity index (χ3v) is 9.29. The number of nitrogens with zero attached hydrogens (tertiary/aromatic N) is 4. The summed E-state index contributed by atoms with van der Waals surface area (Å²) in [6.45, 7) is 1.99. The van der Waals surface area contributed by atoms with Gasteiger partial charge in [-0.25, -0.2) is 8.42 Å². The molecule has 0 bridgehead atoms. The summed E-state index contributed by atoms with van der Waals surface area (Å²) in [6, 6.07) is 16.8. The molecule has 1 aliphatic heterocycles. The summed E-state index contributed by atoms with van der Waals surface area (Å²) in [5, 5.41) is 9.41. The average Bonchev–Trinajstić information content (AvgIpc) is 3.46. The lowest BCUT2D eigenvalue weighted by molar-refractivity contribution is -0.116. The fourth-order valence-electron chi connectivity index (χ4n) is 4.27. The van der Waals surface area contributed by atoms with Gasteiger partial charge in [0, 0.05) is 25.1 Å². The van der Waals surface area contributed by atoms with Crippen molar-refractivity contribution in [2.75, 3.05) is 26.3 Å². The molecule has 0 radical (unpaired) electrons. The SMILES string of the molecule is O=C1CCC[C@H]1Sc1nnc(-c2cccc(S(=O)(=O)N3CCOCC3)c2)n1Cc1ccccc1. The molecule has 2 fully saturated rings. The lowest BCUT2D eigenvalue weighted by atomic mass is 10.2. The van der Waals surface area contributed by atoms with Crippen molar-refractivity contribution in [1.29, 1.82) is 0 Å². The van der Waals surface area contributed by atoms with Gasteiger partial charge in [-0.3, -0.25) is 9.36 Å². The molecule has 2 heterocycles. The number of ether oxygens (including phenoxy) is 1. The molecule has 178 valence electrons. The zero-order valence-corrected chi connectivity index (χ0v) is 20.3. The third kappa shape index (κ3) is 4.81. The van der Waals surface area contributed by atoms with E-state index in [9.17, 15) is 13.2 Å². The molecule has 8 nitrogen and oxygen atoms in total. The fourth-order valence-corrected chi connectivity index (χ4v) is 6.87. The molecule has 1 saturated carbocycles. The van der Waals surface area contributed by atoms with E-state index in [1.165, 1.54) is 16.1 Å². The van der Waals surface area contributed by atoms with Crippen LogP contribution in [0.25, 0.3) is 11.4 Å². The van der Waals surface area contributed by atoms with E-state index in [0.29, 0.717) is 55.8 Å². The van der Waals surface area contributed by atoms with Gasteiger partial charge in [0.15, 0.2) is 11.0 Å². The predicted octanol–water partition coefficient (Wildman–Crippen LogP) is 3.23. The van der Waals surface area contributed by atoms with Crippen molar-refractivity contribution < 1.29 is 17.9 Å². The first-order chi connectivity index (χ1) is 16.5. The second-order valence-electron chi connectivity index (χ2n) is 8.39. The van der Waals surface area contributed by atoms with Gasteiger partial charge in [-0.2, -0.15) is 4.31 Å². The van der Waals surface area contributed by atoms with Crippen LogP contribution >= 0.6 is 11.8 Å². The number of carbonyl (C=O) groups excluding carboxylic acids is 1. The van der Waals surface area contributed by atoms with Gasteiger partial charge in [0.05, 0.1) is 29.9 Å². The van der Waals surface area contributed by atoms with Crippen molar-refractivity contribution >= 4 is 27.6 Å². The highest BCUT2D eigenvalue weighted by Crippen LogP contribution is 2.34. The van der Waals surface area contributed by atoms with E-state index < -0.39 is 10.0 Å². The van der Waals surface area contributed by atoms with E-state index in [1.807, 2.05) is 41.0 Å². The van der Waals surface area contributed by atoms with E-state index in [2.05, 4.69) is 10.2 Å². The van der Waals surface area contributed by atoms with E-state index in [4.69, 9.17) is 4.74 Å².